The van der Waals surface area contributed by atoms with Crippen LogP contribution in [0, 0.1) is 11.6 Å². The Bertz CT molecular complexity index is 614. The summed E-state index contributed by atoms with van der Waals surface area (Å²) in [6, 6.07) is 1.73. The van der Waals surface area contributed by atoms with Gasteiger partial charge >= 0.3 is 0 Å². The summed E-state index contributed by atoms with van der Waals surface area (Å²) in [6.07, 6.45) is 4.07. The van der Waals surface area contributed by atoms with Crippen LogP contribution in [0.4, 0.5) is 8.78 Å². The molecule has 0 saturated carbocycles. The first kappa shape index (κ1) is 14.1. The molecule has 0 bridgehead atoms. The van der Waals surface area contributed by atoms with E-state index in [0.29, 0.717) is 6.42 Å². The van der Waals surface area contributed by atoms with Gasteiger partial charge in [-0.2, -0.15) is 4.31 Å². The minimum atomic E-state index is -4.01. The Morgan fingerprint density at radius 2 is 2.00 bits per heavy atom. The topological polar surface area (TPSA) is 57.6 Å². The number of halogens is 2. The number of hydrogen-bond donors (Lipinski definition) is 1. The van der Waals surface area contributed by atoms with Crippen LogP contribution in [0.15, 0.2) is 29.2 Å². The van der Waals surface area contributed by atoms with Crippen molar-refractivity contribution in [2.75, 3.05) is 13.1 Å². The largest absolute Gasteiger partial charge is 0.391 e. The fourth-order valence-corrected chi connectivity index (χ4v) is 3.39. The standard InChI is InChI=1S/C12H13F2NO3S/c13-10-4-5-11(12(14)9(10)8-16)19(17,18)15-6-2-1-3-7-15/h1-2,4-5,16H,3,6-8H2. The molecular formula is C12H13F2NO3S. The summed E-state index contributed by atoms with van der Waals surface area (Å²) in [5.41, 5.74) is -0.631. The van der Waals surface area contributed by atoms with Crippen molar-refractivity contribution in [3.8, 4) is 0 Å². The van der Waals surface area contributed by atoms with Gasteiger partial charge in [-0.1, -0.05) is 12.2 Å². The molecule has 1 aliphatic rings. The third-order valence-electron chi connectivity index (χ3n) is 2.95. The molecule has 2 rings (SSSR count). The lowest BCUT2D eigenvalue weighted by Gasteiger charge is -2.23. The van der Waals surface area contributed by atoms with E-state index in [4.69, 9.17) is 5.11 Å². The van der Waals surface area contributed by atoms with Crippen molar-refractivity contribution in [1.29, 1.82) is 0 Å². The highest BCUT2D eigenvalue weighted by atomic mass is 32.2. The van der Waals surface area contributed by atoms with E-state index in [2.05, 4.69) is 0 Å². The van der Waals surface area contributed by atoms with Gasteiger partial charge in [0.05, 0.1) is 12.2 Å². The molecule has 4 nitrogen and oxygen atoms in total. The average molecular weight is 289 g/mol. The quantitative estimate of drug-likeness (QED) is 0.856. The Morgan fingerprint density at radius 1 is 1.26 bits per heavy atom. The number of hydrogen-bond acceptors (Lipinski definition) is 3. The van der Waals surface area contributed by atoms with E-state index in [1.807, 2.05) is 6.08 Å². The fourth-order valence-electron chi connectivity index (χ4n) is 1.90. The molecule has 0 spiro atoms. The second kappa shape index (κ2) is 5.36. The van der Waals surface area contributed by atoms with Gasteiger partial charge in [0, 0.05) is 13.1 Å². The van der Waals surface area contributed by atoms with Gasteiger partial charge in [-0.3, -0.25) is 0 Å². The van der Waals surface area contributed by atoms with E-state index in [-0.39, 0.29) is 13.1 Å². The van der Waals surface area contributed by atoms with Gasteiger partial charge in [-0.25, -0.2) is 17.2 Å². The molecule has 0 atom stereocenters. The van der Waals surface area contributed by atoms with Crippen molar-refractivity contribution in [3.05, 3.63) is 41.5 Å². The van der Waals surface area contributed by atoms with E-state index in [1.54, 1.807) is 6.08 Å². The molecule has 104 valence electrons. The number of sulfonamides is 1. The van der Waals surface area contributed by atoms with Crippen LogP contribution >= 0.6 is 0 Å². The summed E-state index contributed by atoms with van der Waals surface area (Å²) >= 11 is 0. The average Bonchev–Trinajstić information content (AvgIpc) is 2.40. The number of rotatable bonds is 3. The Balaban J connectivity index is 2.49. The van der Waals surface area contributed by atoms with Crippen LogP contribution in [-0.2, 0) is 16.6 Å². The Hall–Kier alpha value is -1.31. The number of nitrogens with zero attached hydrogens (tertiary/aromatic N) is 1. The van der Waals surface area contributed by atoms with E-state index in [1.165, 1.54) is 0 Å². The van der Waals surface area contributed by atoms with Crippen LogP contribution in [0.25, 0.3) is 0 Å². The predicted molar refractivity (Wildman–Crippen MR) is 64.8 cm³/mol. The van der Waals surface area contributed by atoms with Crippen LogP contribution in [-0.4, -0.2) is 30.9 Å². The molecule has 0 aliphatic carbocycles. The maximum atomic E-state index is 14.0. The third kappa shape index (κ3) is 2.54. The zero-order valence-corrected chi connectivity index (χ0v) is 10.8. The predicted octanol–water partition coefficient (Wildman–Crippen LogP) is 1.41. The SMILES string of the molecule is O=S(=O)(c1ccc(F)c(CO)c1F)N1CC=CCC1. The fraction of sp³-hybridized carbons (Fsp3) is 0.333. The maximum Gasteiger partial charge on any atom is 0.246 e. The number of aliphatic hydroxyl groups excluding tert-OH is 1. The van der Waals surface area contributed by atoms with Gasteiger partial charge in [-0.15, -0.1) is 0 Å². The molecule has 0 radical (unpaired) electrons. The van der Waals surface area contributed by atoms with Crippen molar-refractivity contribution in [1.82, 2.24) is 4.31 Å². The molecule has 1 N–H and O–H groups in total. The van der Waals surface area contributed by atoms with E-state index in [0.717, 1.165) is 16.4 Å². The summed E-state index contributed by atoms with van der Waals surface area (Å²) in [4.78, 5) is -0.603. The summed E-state index contributed by atoms with van der Waals surface area (Å²) in [5.74, 6) is -2.19. The van der Waals surface area contributed by atoms with Crippen molar-refractivity contribution in [3.63, 3.8) is 0 Å². The lowest BCUT2D eigenvalue weighted by Crippen LogP contribution is -2.34. The third-order valence-corrected chi connectivity index (χ3v) is 4.83. The summed E-state index contributed by atoms with van der Waals surface area (Å²) < 4.78 is 52.8. The number of benzene rings is 1. The molecule has 0 saturated heterocycles. The van der Waals surface area contributed by atoms with Crippen LogP contribution < -0.4 is 0 Å². The normalized spacial score (nSPS) is 16.8. The van der Waals surface area contributed by atoms with Gasteiger partial charge in [0.25, 0.3) is 0 Å². The van der Waals surface area contributed by atoms with Crippen molar-refractivity contribution >= 4 is 10.0 Å². The highest BCUT2D eigenvalue weighted by molar-refractivity contribution is 7.89. The van der Waals surface area contributed by atoms with Crippen molar-refractivity contribution in [2.45, 2.75) is 17.9 Å². The zero-order chi connectivity index (χ0) is 14.0. The van der Waals surface area contributed by atoms with Gasteiger partial charge in [0.15, 0.2) is 5.82 Å². The smallest absolute Gasteiger partial charge is 0.246 e. The molecule has 1 aromatic rings. The molecule has 0 amide bonds. The summed E-state index contributed by atoms with van der Waals surface area (Å²) in [5, 5.41) is 8.90. The lowest BCUT2D eigenvalue weighted by molar-refractivity contribution is 0.267. The van der Waals surface area contributed by atoms with E-state index in [9.17, 15) is 17.2 Å². The highest BCUT2D eigenvalue weighted by Crippen LogP contribution is 2.25. The molecule has 0 aromatic heterocycles. The van der Waals surface area contributed by atoms with Crippen LogP contribution in [0.1, 0.15) is 12.0 Å². The van der Waals surface area contributed by atoms with Crippen LogP contribution in [0.5, 0.6) is 0 Å². The summed E-state index contributed by atoms with van der Waals surface area (Å²) in [7, 11) is -4.01. The van der Waals surface area contributed by atoms with Crippen molar-refractivity contribution in [2.24, 2.45) is 0 Å². The van der Waals surface area contributed by atoms with E-state index >= 15 is 0 Å². The second-order valence-electron chi connectivity index (χ2n) is 4.12. The zero-order valence-electron chi connectivity index (χ0n) is 10.0. The minimum absolute atomic E-state index is 0.160. The number of aliphatic hydroxyl groups is 1. The molecule has 1 heterocycles. The lowest BCUT2D eigenvalue weighted by atomic mass is 10.2. The van der Waals surface area contributed by atoms with Gasteiger partial charge in [-0.05, 0) is 18.6 Å². The Labute approximate surface area is 110 Å². The first-order valence-electron chi connectivity index (χ1n) is 5.71. The van der Waals surface area contributed by atoms with Crippen LogP contribution in [0.3, 0.4) is 0 Å². The molecule has 0 fully saturated rings. The molecular weight excluding hydrogens is 276 g/mol. The minimum Gasteiger partial charge on any atom is -0.391 e. The Morgan fingerprint density at radius 3 is 2.58 bits per heavy atom. The molecule has 0 unspecified atom stereocenters. The Kier molecular flexibility index (Phi) is 3.98. The van der Waals surface area contributed by atoms with Gasteiger partial charge < -0.3 is 5.11 Å². The highest BCUT2D eigenvalue weighted by Gasteiger charge is 2.29. The molecule has 19 heavy (non-hydrogen) atoms. The van der Waals surface area contributed by atoms with Crippen LogP contribution in [0.2, 0.25) is 0 Å². The molecule has 1 aliphatic heterocycles. The molecule has 7 heteroatoms. The van der Waals surface area contributed by atoms with Gasteiger partial charge in [0.1, 0.15) is 10.7 Å². The van der Waals surface area contributed by atoms with E-state index < -0.39 is 38.7 Å². The van der Waals surface area contributed by atoms with Crippen molar-refractivity contribution < 1.29 is 22.3 Å². The second-order valence-corrected chi connectivity index (χ2v) is 6.03. The maximum absolute atomic E-state index is 14.0. The first-order valence-corrected chi connectivity index (χ1v) is 7.15. The molecule has 1 aromatic carbocycles. The van der Waals surface area contributed by atoms with Gasteiger partial charge in [0.2, 0.25) is 10.0 Å². The summed E-state index contributed by atoms with van der Waals surface area (Å²) in [6.45, 7) is -0.474. The first-order chi connectivity index (χ1) is 8.98. The monoisotopic (exact) mass is 289 g/mol.